The molecule has 2 aromatic carbocycles. The summed E-state index contributed by atoms with van der Waals surface area (Å²) in [5.74, 6) is 3.94. The Kier molecular flexibility index (Phi) is 14.4. The first-order valence-corrected chi connectivity index (χ1v) is 12.8. The number of halogens is 1. The van der Waals surface area contributed by atoms with Crippen LogP contribution in [0, 0.1) is 0 Å². The molecule has 0 spiro atoms. The van der Waals surface area contributed by atoms with E-state index in [-0.39, 0.29) is 19.9 Å². The quantitative estimate of drug-likeness (QED) is 0.178. The van der Waals surface area contributed by atoms with Crippen molar-refractivity contribution in [1.29, 1.82) is 0 Å². The van der Waals surface area contributed by atoms with E-state index in [0.717, 1.165) is 28.3 Å². The third-order valence-corrected chi connectivity index (χ3v) is 5.73. The molecular weight excluding hydrogens is 548 g/mol. The number of rotatable bonds is 12. The average Bonchev–Trinajstić information content (AvgIpc) is 3.59. The lowest BCUT2D eigenvalue weighted by Crippen LogP contribution is -1.93. The van der Waals surface area contributed by atoms with Crippen LogP contribution in [-0.2, 0) is 35.2 Å². The Labute approximate surface area is 246 Å². The predicted octanol–water partition coefficient (Wildman–Crippen LogP) is 6.87. The van der Waals surface area contributed by atoms with Crippen LogP contribution in [0.25, 0.3) is 24.3 Å². The SMILES string of the molecule is C.COCc1nc(/C=C/c2ccc(OC)cc2)oc1CCl.COCc1nc(/C=C/c2ccc(OC)cc2)oc1CO. The Bertz CT molecular complexity index is 1250. The van der Waals surface area contributed by atoms with Gasteiger partial charge in [-0.3, -0.25) is 0 Å². The first-order chi connectivity index (χ1) is 19.5. The molecule has 1 N–H and O–H groups in total. The molecule has 0 aliphatic heterocycles. The zero-order chi connectivity index (χ0) is 28.7. The lowest BCUT2D eigenvalue weighted by Gasteiger charge is -1.98. The molecule has 0 bridgehead atoms. The summed E-state index contributed by atoms with van der Waals surface area (Å²) in [6, 6.07) is 15.3. The topological polar surface area (TPSA) is 109 Å². The van der Waals surface area contributed by atoms with Gasteiger partial charge < -0.3 is 32.9 Å². The van der Waals surface area contributed by atoms with Crippen LogP contribution in [0.4, 0.5) is 0 Å². The van der Waals surface area contributed by atoms with E-state index in [1.54, 1.807) is 40.6 Å². The number of oxazole rings is 2. The van der Waals surface area contributed by atoms with Crippen molar-refractivity contribution in [3.63, 3.8) is 0 Å². The van der Waals surface area contributed by atoms with Crippen LogP contribution >= 0.6 is 11.6 Å². The second-order valence-corrected chi connectivity index (χ2v) is 8.48. The van der Waals surface area contributed by atoms with Crippen LogP contribution in [0.15, 0.2) is 57.4 Å². The van der Waals surface area contributed by atoms with E-state index >= 15 is 0 Å². The molecule has 4 aromatic rings. The summed E-state index contributed by atoms with van der Waals surface area (Å²) in [5.41, 5.74) is 3.38. The Morgan fingerprint density at radius 1 is 0.683 bits per heavy atom. The minimum atomic E-state index is -0.192. The first kappa shape index (κ1) is 33.3. The Morgan fingerprint density at radius 3 is 1.46 bits per heavy atom. The molecule has 0 saturated carbocycles. The van der Waals surface area contributed by atoms with Crippen molar-refractivity contribution < 1.29 is 32.9 Å². The summed E-state index contributed by atoms with van der Waals surface area (Å²) in [6.07, 6.45) is 7.35. The Hall–Kier alpha value is -3.89. The summed E-state index contributed by atoms with van der Waals surface area (Å²) in [7, 11) is 6.45. The summed E-state index contributed by atoms with van der Waals surface area (Å²) >= 11 is 5.80. The summed E-state index contributed by atoms with van der Waals surface area (Å²) in [4.78, 5) is 8.59. The van der Waals surface area contributed by atoms with Gasteiger partial charge in [0.05, 0.1) is 33.3 Å². The van der Waals surface area contributed by atoms with Crippen LogP contribution < -0.4 is 9.47 Å². The summed E-state index contributed by atoms with van der Waals surface area (Å²) in [6.45, 7) is 0.514. The van der Waals surface area contributed by atoms with Gasteiger partial charge in [-0.05, 0) is 47.5 Å². The van der Waals surface area contributed by atoms with Crippen molar-refractivity contribution in [2.24, 2.45) is 0 Å². The van der Waals surface area contributed by atoms with E-state index in [1.807, 2.05) is 60.7 Å². The number of aromatic nitrogens is 2. The van der Waals surface area contributed by atoms with Crippen LogP contribution in [0.3, 0.4) is 0 Å². The molecule has 0 aliphatic carbocycles. The number of nitrogens with zero attached hydrogens (tertiary/aromatic N) is 2. The summed E-state index contributed by atoms with van der Waals surface area (Å²) < 4.78 is 31.2. The molecule has 41 heavy (non-hydrogen) atoms. The number of aliphatic hydroxyl groups is 1. The Morgan fingerprint density at radius 2 is 1.10 bits per heavy atom. The van der Waals surface area contributed by atoms with Gasteiger partial charge in [-0.25, -0.2) is 9.97 Å². The highest BCUT2D eigenvalue weighted by atomic mass is 35.5. The number of alkyl halides is 1. The smallest absolute Gasteiger partial charge is 0.219 e. The maximum absolute atomic E-state index is 9.17. The van der Waals surface area contributed by atoms with E-state index in [9.17, 15) is 5.11 Å². The molecule has 10 heteroatoms. The minimum absolute atomic E-state index is 0. The largest absolute Gasteiger partial charge is 0.497 e. The van der Waals surface area contributed by atoms with E-state index < -0.39 is 0 Å². The zero-order valence-electron chi connectivity index (χ0n) is 22.9. The van der Waals surface area contributed by atoms with Crippen molar-refractivity contribution in [2.75, 3.05) is 28.4 Å². The molecule has 0 amide bonds. The molecule has 0 fully saturated rings. The fraction of sp³-hybridized carbons (Fsp3) is 0.290. The third kappa shape index (κ3) is 10.2. The Balaban J connectivity index is 0.000000280. The highest BCUT2D eigenvalue weighted by molar-refractivity contribution is 6.16. The number of methoxy groups -OCH3 is 4. The zero-order valence-corrected chi connectivity index (χ0v) is 23.7. The standard InChI is InChI=1S/C15H16ClNO3.C15H17NO4.CH4/c1-18-10-13-14(9-16)20-15(17-13)8-5-11-3-6-12(19-2)7-4-11;1-18-10-13-14(9-17)20-15(16-13)8-5-11-3-6-12(19-2)7-4-11;/h3-8H,9-10H2,1-2H3;3-8,17H,9-10H2,1-2H3;1H4/b2*8-5+;. The number of benzene rings is 2. The van der Waals surface area contributed by atoms with Gasteiger partial charge in [-0.1, -0.05) is 31.7 Å². The van der Waals surface area contributed by atoms with Gasteiger partial charge in [0, 0.05) is 26.4 Å². The first-order valence-electron chi connectivity index (χ1n) is 12.3. The molecule has 0 unspecified atom stereocenters. The molecule has 4 rings (SSSR count). The number of hydrogen-bond donors (Lipinski definition) is 1. The molecule has 2 aromatic heterocycles. The monoisotopic (exact) mass is 584 g/mol. The van der Waals surface area contributed by atoms with E-state index in [4.69, 9.17) is 39.4 Å². The van der Waals surface area contributed by atoms with Gasteiger partial charge >= 0.3 is 0 Å². The second kappa shape index (κ2) is 17.7. The molecule has 9 nitrogen and oxygen atoms in total. The van der Waals surface area contributed by atoms with Crippen molar-refractivity contribution >= 4 is 35.9 Å². The molecule has 0 atom stereocenters. The maximum Gasteiger partial charge on any atom is 0.219 e. The lowest BCUT2D eigenvalue weighted by atomic mass is 10.2. The van der Waals surface area contributed by atoms with Gasteiger partial charge in [0.1, 0.15) is 35.3 Å². The molecule has 220 valence electrons. The van der Waals surface area contributed by atoms with Crippen LogP contribution in [0.5, 0.6) is 11.5 Å². The van der Waals surface area contributed by atoms with Gasteiger partial charge in [0.15, 0.2) is 5.76 Å². The molecule has 0 aliphatic rings. The molecule has 0 saturated heterocycles. The lowest BCUT2D eigenvalue weighted by molar-refractivity contribution is 0.175. The van der Waals surface area contributed by atoms with E-state index in [2.05, 4.69) is 9.97 Å². The van der Waals surface area contributed by atoms with Gasteiger partial charge in [0.25, 0.3) is 0 Å². The number of aliphatic hydroxyl groups excluding tert-OH is 1. The predicted molar refractivity (Wildman–Crippen MR) is 160 cm³/mol. The molecular formula is C31H37ClN2O7. The average molecular weight is 585 g/mol. The van der Waals surface area contributed by atoms with Gasteiger partial charge in [0.2, 0.25) is 11.8 Å². The molecule has 2 heterocycles. The van der Waals surface area contributed by atoms with Crippen molar-refractivity contribution in [2.45, 2.75) is 33.1 Å². The highest BCUT2D eigenvalue weighted by Crippen LogP contribution is 2.19. The number of ether oxygens (including phenoxy) is 4. The van der Waals surface area contributed by atoms with Crippen LogP contribution in [0.2, 0.25) is 0 Å². The van der Waals surface area contributed by atoms with E-state index in [1.165, 1.54) is 0 Å². The van der Waals surface area contributed by atoms with Crippen molar-refractivity contribution in [1.82, 2.24) is 9.97 Å². The van der Waals surface area contributed by atoms with E-state index in [0.29, 0.717) is 42.2 Å². The minimum Gasteiger partial charge on any atom is -0.497 e. The fourth-order valence-electron chi connectivity index (χ4n) is 3.44. The van der Waals surface area contributed by atoms with Crippen LogP contribution in [0.1, 0.15) is 53.2 Å². The fourth-order valence-corrected chi connectivity index (χ4v) is 3.65. The highest BCUT2D eigenvalue weighted by Gasteiger charge is 2.11. The second-order valence-electron chi connectivity index (χ2n) is 8.21. The normalized spacial score (nSPS) is 10.9. The van der Waals surface area contributed by atoms with Crippen LogP contribution in [-0.4, -0.2) is 43.5 Å². The molecule has 0 radical (unpaired) electrons. The summed E-state index contributed by atoms with van der Waals surface area (Å²) in [5, 5.41) is 9.17. The van der Waals surface area contributed by atoms with Crippen molar-refractivity contribution in [3.8, 4) is 11.5 Å². The van der Waals surface area contributed by atoms with Gasteiger partial charge in [-0.15, -0.1) is 11.6 Å². The number of hydrogen-bond acceptors (Lipinski definition) is 9. The van der Waals surface area contributed by atoms with Crippen molar-refractivity contribution in [3.05, 3.63) is 94.3 Å². The maximum atomic E-state index is 9.17. The van der Waals surface area contributed by atoms with Gasteiger partial charge in [-0.2, -0.15) is 0 Å². The third-order valence-electron chi connectivity index (χ3n) is 5.48.